The predicted molar refractivity (Wildman–Crippen MR) is 112 cm³/mol. The smallest absolute Gasteiger partial charge is 0.274 e. The highest BCUT2D eigenvalue weighted by molar-refractivity contribution is 5.93. The van der Waals surface area contributed by atoms with Crippen LogP contribution in [0.25, 0.3) is 16.9 Å². The lowest BCUT2D eigenvalue weighted by atomic mass is 10.1. The average Bonchev–Trinajstić information content (AvgIpc) is 3.17. The van der Waals surface area contributed by atoms with Gasteiger partial charge in [-0.15, -0.1) is 12.4 Å². The fourth-order valence-corrected chi connectivity index (χ4v) is 3.49. The summed E-state index contributed by atoms with van der Waals surface area (Å²) < 4.78 is 12.4. The summed E-state index contributed by atoms with van der Waals surface area (Å²) in [5.74, 6) is 1.21. The Morgan fingerprint density at radius 1 is 1.17 bits per heavy atom. The fraction of sp³-hybridized carbons (Fsp3) is 0.350. The zero-order valence-electron chi connectivity index (χ0n) is 16.6. The summed E-state index contributed by atoms with van der Waals surface area (Å²) >= 11 is 0. The molecule has 1 aliphatic rings. The van der Waals surface area contributed by atoms with E-state index in [0.717, 1.165) is 17.8 Å². The largest absolute Gasteiger partial charge is 0.493 e. The molecule has 3 heterocycles. The Labute approximate surface area is 175 Å². The predicted octanol–water partition coefficient (Wildman–Crippen LogP) is 2.27. The lowest BCUT2D eigenvalue weighted by Gasteiger charge is -2.31. The van der Waals surface area contributed by atoms with E-state index in [1.165, 1.54) is 0 Å². The lowest BCUT2D eigenvalue weighted by Crippen LogP contribution is -2.51. The van der Waals surface area contributed by atoms with Gasteiger partial charge in [0.2, 0.25) is 0 Å². The van der Waals surface area contributed by atoms with Gasteiger partial charge in [0.1, 0.15) is 0 Å². The van der Waals surface area contributed by atoms with Crippen molar-refractivity contribution in [3.63, 3.8) is 0 Å². The Kier molecular flexibility index (Phi) is 6.24. The number of nitrogens with zero attached hydrogens (tertiary/aromatic N) is 4. The van der Waals surface area contributed by atoms with E-state index in [1.54, 1.807) is 31.0 Å². The maximum absolute atomic E-state index is 12.9. The summed E-state index contributed by atoms with van der Waals surface area (Å²) in [7, 11) is 3.20. The van der Waals surface area contributed by atoms with Crippen molar-refractivity contribution < 1.29 is 14.3 Å². The summed E-state index contributed by atoms with van der Waals surface area (Å²) in [5.41, 5.74) is 2.73. The number of hydrogen-bond donors (Lipinski definition) is 1. The molecular formula is C20H24ClN5O3. The number of hydrogen-bond acceptors (Lipinski definition) is 6. The molecule has 154 valence electrons. The van der Waals surface area contributed by atoms with Gasteiger partial charge in [0.25, 0.3) is 5.91 Å². The molecule has 3 aromatic rings. The van der Waals surface area contributed by atoms with Gasteiger partial charge >= 0.3 is 0 Å². The first-order chi connectivity index (χ1) is 13.6. The summed E-state index contributed by atoms with van der Waals surface area (Å²) in [6.07, 6.45) is 1.71. The summed E-state index contributed by atoms with van der Waals surface area (Å²) in [6.45, 7) is 4.20. The highest BCUT2D eigenvalue weighted by Gasteiger charge is 2.24. The molecule has 1 N–H and O–H groups in total. The number of amides is 1. The number of carbonyl (C=O) groups excluding carboxylic acids is 1. The normalized spacial score (nSPS) is 16.4. The number of carbonyl (C=O) groups is 1. The molecule has 1 amide bonds. The molecule has 1 aromatic carbocycles. The van der Waals surface area contributed by atoms with Gasteiger partial charge in [-0.3, -0.25) is 4.79 Å². The molecule has 1 fully saturated rings. The highest BCUT2D eigenvalue weighted by atomic mass is 35.5. The monoisotopic (exact) mass is 417 g/mol. The quantitative estimate of drug-likeness (QED) is 0.701. The van der Waals surface area contributed by atoms with Crippen molar-refractivity contribution in [3.05, 3.63) is 42.2 Å². The van der Waals surface area contributed by atoms with Crippen LogP contribution in [-0.4, -0.2) is 65.3 Å². The average molecular weight is 418 g/mol. The van der Waals surface area contributed by atoms with Crippen LogP contribution in [0.2, 0.25) is 0 Å². The van der Waals surface area contributed by atoms with E-state index in [4.69, 9.17) is 9.47 Å². The Hall–Kier alpha value is -2.84. The van der Waals surface area contributed by atoms with Crippen molar-refractivity contribution >= 4 is 24.0 Å². The van der Waals surface area contributed by atoms with Gasteiger partial charge in [-0.1, -0.05) is 0 Å². The van der Waals surface area contributed by atoms with Gasteiger partial charge in [0.15, 0.2) is 22.8 Å². The molecule has 1 atom stereocenters. The Bertz CT molecular complexity index is 1020. The Morgan fingerprint density at radius 2 is 1.97 bits per heavy atom. The molecule has 1 saturated heterocycles. The molecule has 0 aliphatic carbocycles. The van der Waals surface area contributed by atoms with E-state index in [0.29, 0.717) is 35.9 Å². The van der Waals surface area contributed by atoms with Crippen LogP contribution in [0.3, 0.4) is 0 Å². The van der Waals surface area contributed by atoms with Crippen LogP contribution >= 0.6 is 12.4 Å². The van der Waals surface area contributed by atoms with Crippen LogP contribution in [0.4, 0.5) is 0 Å². The number of aromatic nitrogens is 3. The molecule has 0 bridgehead atoms. The molecule has 0 spiro atoms. The van der Waals surface area contributed by atoms with Crippen LogP contribution in [0.15, 0.2) is 36.5 Å². The van der Waals surface area contributed by atoms with Gasteiger partial charge in [-0.05, 0) is 31.2 Å². The van der Waals surface area contributed by atoms with Crippen LogP contribution in [-0.2, 0) is 0 Å². The molecule has 0 saturated carbocycles. The molecule has 0 unspecified atom stereocenters. The first-order valence-electron chi connectivity index (χ1n) is 9.20. The third-order valence-electron chi connectivity index (χ3n) is 4.91. The first-order valence-corrected chi connectivity index (χ1v) is 9.20. The van der Waals surface area contributed by atoms with E-state index in [9.17, 15) is 4.79 Å². The number of rotatable bonds is 4. The van der Waals surface area contributed by atoms with E-state index in [-0.39, 0.29) is 24.4 Å². The van der Waals surface area contributed by atoms with E-state index in [1.807, 2.05) is 29.2 Å². The van der Waals surface area contributed by atoms with Crippen LogP contribution in [0.5, 0.6) is 11.5 Å². The number of fused-ring (bicyclic) bond motifs is 1. The highest BCUT2D eigenvalue weighted by Crippen LogP contribution is 2.32. The maximum atomic E-state index is 12.9. The SMILES string of the molecule is COc1ccc(-c2ccnc3cc(C(=O)N4CCN[C@@H](C)C4)nn23)cc1OC.Cl. The van der Waals surface area contributed by atoms with Crippen molar-refractivity contribution in [2.24, 2.45) is 0 Å². The van der Waals surface area contributed by atoms with Crippen molar-refractivity contribution in [3.8, 4) is 22.8 Å². The molecular weight excluding hydrogens is 394 g/mol. The minimum Gasteiger partial charge on any atom is -0.493 e. The summed E-state index contributed by atoms with van der Waals surface area (Å²) in [4.78, 5) is 19.1. The number of nitrogens with one attached hydrogen (secondary N) is 1. The second-order valence-electron chi connectivity index (χ2n) is 6.81. The minimum atomic E-state index is -0.0721. The number of piperazine rings is 1. The zero-order valence-corrected chi connectivity index (χ0v) is 17.4. The van der Waals surface area contributed by atoms with Gasteiger partial charge in [-0.2, -0.15) is 5.10 Å². The van der Waals surface area contributed by atoms with Crippen LogP contribution < -0.4 is 14.8 Å². The van der Waals surface area contributed by atoms with E-state index >= 15 is 0 Å². The molecule has 1 aliphatic heterocycles. The zero-order chi connectivity index (χ0) is 19.7. The Morgan fingerprint density at radius 3 is 2.69 bits per heavy atom. The molecule has 29 heavy (non-hydrogen) atoms. The molecule has 4 rings (SSSR count). The summed E-state index contributed by atoms with van der Waals surface area (Å²) in [5, 5.41) is 7.90. The maximum Gasteiger partial charge on any atom is 0.274 e. The van der Waals surface area contributed by atoms with Crippen molar-refractivity contribution in [1.82, 2.24) is 24.8 Å². The standard InChI is InChI=1S/C20H23N5O3.ClH/c1-13-12-24(9-8-21-13)20(26)15-11-19-22-7-6-16(25(19)23-15)14-4-5-17(27-2)18(10-14)28-3;/h4-7,10-11,13,21H,8-9,12H2,1-3H3;1H/t13-;/m0./s1. The number of ether oxygens (including phenoxy) is 2. The fourth-order valence-electron chi connectivity index (χ4n) is 3.49. The number of halogens is 1. The van der Waals surface area contributed by atoms with Crippen molar-refractivity contribution in [2.45, 2.75) is 13.0 Å². The third-order valence-corrected chi connectivity index (χ3v) is 4.91. The Balaban J connectivity index is 0.00000240. The minimum absolute atomic E-state index is 0. The molecule has 2 aromatic heterocycles. The third kappa shape index (κ3) is 3.99. The molecule has 0 radical (unpaired) electrons. The van der Waals surface area contributed by atoms with Crippen molar-refractivity contribution in [1.29, 1.82) is 0 Å². The number of methoxy groups -OCH3 is 2. The van der Waals surface area contributed by atoms with E-state index in [2.05, 4.69) is 22.3 Å². The van der Waals surface area contributed by atoms with Crippen LogP contribution in [0, 0.1) is 0 Å². The first kappa shape index (κ1) is 20.9. The molecule has 8 nitrogen and oxygen atoms in total. The number of benzene rings is 1. The van der Waals surface area contributed by atoms with Gasteiger partial charge in [-0.25, -0.2) is 9.50 Å². The van der Waals surface area contributed by atoms with Crippen LogP contribution in [0.1, 0.15) is 17.4 Å². The lowest BCUT2D eigenvalue weighted by molar-refractivity contribution is 0.0703. The van der Waals surface area contributed by atoms with Crippen molar-refractivity contribution in [2.75, 3.05) is 33.9 Å². The second kappa shape index (κ2) is 8.67. The topological polar surface area (TPSA) is 81.0 Å². The molecule has 9 heteroatoms. The second-order valence-corrected chi connectivity index (χ2v) is 6.81. The summed E-state index contributed by atoms with van der Waals surface area (Å²) in [6, 6.07) is 9.53. The van der Waals surface area contributed by atoms with E-state index < -0.39 is 0 Å². The van der Waals surface area contributed by atoms with Gasteiger partial charge in [0, 0.05) is 43.5 Å². The van der Waals surface area contributed by atoms with Gasteiger partial charge in [0.05, 0.1) is 19.9 Å². The van der Waals surface area contributed by atoms with Gasteiger partial charge < -0.3 is 19.7 Å².